The molecule has 1 aromatic rings. The van der Waals surface area contributed by atoms with Crippen LogP contribution >= 0.6 is 0 Å². The Labute approximate surface area is 198 Å². The van der Waals surface area contributed by atoms with Gasteiger partial charge in [0.2, 0.25) is 5.91 Å². The van der Waals surface area contributed by atoms with Gasteiger partial charge in [-0.3, -0.25) is 14.5 Å². The predicted octanol–water partition coefficient (Wildman–Crippen LogP) is 3.79. The van der Waals surface area contributed by atoms with Crippen molar-refractivity contribution in [2.75, 3.05) is 45.7 Å². The highest BCUT2D eigenvalue weighted by atomic mass is 19.4. The molecule has 1 aliphatic carbocycles. The van der Waals surface area contributed by atoms with Crippen LogP contribution in [0.15, 0.2) is 18.2 Å². The van der Waals surface area contributed by atoms with E-state index in [4.69, 9.17) is 9.47 Å². The summed E-state index contributed by atoms with van der Waals surface area (Å²) in [5.41, 5.74) is 0.279. The SMILES string of the molecule is CO[C@H]1CN(C)C(=O)c2cc(NC(=O)CC(F)(F)F)ccc2OC[C@@H](C)N(CC2CC2)C[C@H]1C. The highest BCUT2D eigenvalue weighted by Crippen LogP contribution is 2.32. The number of fused-ring (bicyclic) bond motifs is 1. The third kappa shape index (κ3) is 7.33. The number of carbonyl (C=O) groups is 2. The van der Waals surface area contributed by atoms with Crippen LogP contribution in [0.4, 0.5) is 18.9 Å². The van der Waals surface area contributed by atoms with E-state index in [9.17, 15) is 22.8 Å². The summed E-state index contributed by atoms with van der Waals surface area (Å²) in [6.45, 7) is 6.68. The molecule has 0 bridgehead atoms. The number of amides is 2. The van der Waals surface area contributed by atoms with E-state index in [0.29, 0.717) is 24.8 Å². The van der Waals surface area contributed by atoms with Gasteiger partial charge in [0, 0.05) is 45.5 Å². The van der Waals surface area contributed by atoms with Gasteiger partial charge in [0.05, 0.1) is 11.7 Å². The van der Waals surface area contributed by atoms with Crippen LogP contribution in [0.3, 0.4) is 0 Å². The number of rotatable bonds is 5. The number of halogens is 3. The Morgan fingerprint density at radius 1 is 1.24 bits per heavy atom. The van der Waals surface area contributed by atoms with E-state index in [1.54, 1.807) is 14.2 Å². The van der Waals surface area contributed by atoms with Crippen molar-refractivity contribution in [2.24, 2.45) is 11.8 Å². The van der Waals surface area contributed by atoms with Crippen LogP contribution in [-0.2, 0) is 9.53 Å². The van der Waals surface area contributed by atoms with Crippen molar-refractivity contribution in [3.63, 3.8) is 0 Å². The van der Waals surface area contributed by atoms with Gasteiger partial charge < -0.3 is 19.7 Å². The van der Waals surface area contributed by atoms with E-state index in [-0.39, 0.29) is 35.2 Å². The van der Waals surface area contributed by atoms with Crippen molar-refractivity contribution in [2.45, 2.75) is 51.4 Å². The van der Waals surface area contributed by atoms with Gasteiger partial charge in [-0.25, -0.2) is 0 Å². The number of likely N-dealkylation sites (N-methyl/N-ethyl adjacent to an activating group) is 1. The molecular weight excluding hydrogens is 451 g/mol. The number of hydrogen-bond donors (Lipinski definition) is 1. The summed E-state index contributed by atoms with van der Waals surface area (Å²) in [7, 11) is 3.28. The molecule has 0 spiro atoms. The van der Waals surface area contributed by atoms with E-state index < -0.39 is 18.5 Å². The van der Waals surface area contributed by atoms with Gasteiger partial charge in [0.15, 0.2) is 0 Å². The molecule has 0 aromatic heterocycles. The molecule has 2 amide bonds. The van der Waals surface area contributed by atoms with Gasteiger partial charge in [0.1, 0.15) is 18.8 Å². The second-order valence-electron chi connectivity index (χ2n) is 9.55. The normalized spacial score (nSPS) is 25.1. The minimum Gasteiger partial charge on any atom is -0.491 e. The Balaban J connectivity index is 1.87. The lowest BCUT2D eigenvalue weighted by Gasteiger charge is -2.36. The average molecular weight is 486 g/mol. The first-order valence-electron chi connectivity index (χ1n) is 11.6. The van der Waals surface area contributed by atoms with Gasteiger partial charge in [0.25, 0.3) is 5.91 Å². The number of hydrogen-bond acceptors (Lipinski definition) is 5. The lowest BCUT2D eigenvalue weighted by Crippen LogP contribution is -2.47. The number of alkyl halides is 3. The molecule has 2 aliphatic rings. The molecule has 1 saturated carbocycles. The minimum absolute atomic E-state index is 0.0897. The van der Waals surface area contributed by atoms with E-state index >= 15 is 0 Å². The Bertz CT molecular complexity index is 876. The molecule has 0 unspecified atom stereocenters. The molecule has 0 saturated heterocycles. The number of nitrogens with one attached hydrogen (secondary N) is 1. The van der Waals surface area contributed by atoms with Crippen LogP contribution in [0.25, 0.3) is 0 Å². The van der Waals surface area contributed by atoms with Crippen LogP contribution in [0.1, 0.15) is 43.5 Å². The largest absolute Gasteiger partial charge is 0.491 e. The van der Waals surface area contributed by atoms with Gasteiger partial charge >= 0.3 is 6.18 Å². The van der Waals surface area contributed by atoms with E-state index in [1.165, 1.54) is 35.9 Å². The standard InChI is InChI=1S/C24H34F3N3O4/c1-15-11-30(12-17-5-6-17)16(2)14-34-20-8-7-18(28-22(31)10-24(25,26)27)9-19(20)23(32)29(3)13-21(15)33-4/h7-9,15-17,21H,5-6,10-14H2,1-4H3,(H,28,31)/t15-,16-,21+/m1/s1. The highest BCUT2D eigenvalue weighted by molar-refractivity contribution is 5.99. The molecule has 190 valence electrons. The lowest BCUT2D eigenvalue weighted by molar-refractivity contribution is -0.150. The monoisotopic (exact) mass is 485 g/mol. The fraction of sp³-hybridized carbons (Fsp3) is 0.667. The van der Waals surface area contributed by atoms with Gasteiger partial charge in [-0.05, 0) is 49.8 Å². The maximum Gasteiger partial charge on any atom is 0.397 e. The smallest absolute Gasteiger partial charge is 0.397 e. The summed E-state index contributed by atoms with van der Waals surface area (Å²) >= 11 is 0. The van der Waals surface area contributed by atoms with Crippen molar-refractivity contribution in [3.8, 4) is 5.75 Å². The summed E-state index contributed by atoms with van der Waals surface area (Å²) in [6.07, 6.45) is -3.95. The first-order chi connectivity index (χ1) is 16.0. The fourth-order valence-electron chi connectivity index (χ4n) is 4.20. The second kappa shape index (κ2) is 10.9. The quantitative estimate of drug-likeness (QED) is 0.687. The van der Waals surface area contributed by atoms with Crippen molar-refractivity contribution < 1.29 is 32.2 Å². The van der Waals surface area contributed by atoms with Crippen LogP contribution in [0.5, 0.6) is 5.75 Å². The maximum absolute atomic E-state index is 13.3. The average Bonchev–Trinajstić information content (AvgIpc) is 3.57. The molecule has 34 heavy (non-hydrogen) atoms. The fourth-order valence-corrected chi connectivity index (χ4v) is 4.20. The Kier molecular flexibility index (Phi) is 8.46. The molecule has 1 aliphatic heterocycles. The molecule has 1 N–H and O–H groups in total. The Morgan fingerprint density at radius 3 is 2.56 bits per heavy atom. The Morgan fingerprint density at radius 2 is 1.94 bits per heavy atom. The van der Waals surface area contributed by atoms with Crippen LogP contribution in [0.2, 0.25) is 0 Å². The summed E-state index contributed by atoms with van der Waals surface area (Å²) < 4.78 is 49.4. The lowest BCUT2D eigenvalue weighted by atomic mass is 10.0. The third-order valence-corrected chi connectivity index (χ3v) is 6.41. The van der Waals surface area contributed by atoms with Gasteiger partial charge in [-0.1, -0.05) is 6.92 Å². The number of anilines is 1. The molecule has 3 rings (SSSR count). The zero-order valence-electron chi connectivity index (χ0n) is 20.2. The van der Waals surface area contributed by atoms with E-state index in [2.05, 4.69) is 24.1 Å². The third-order valence-electron chi connectivity index (χ3n) is 6.41. The van der Waals surface area contributed by atoms with Crippen LogP contribution in [0, 0.1) is 11.8 Å². The molecule has 3 atom stereocenters. The second-order valence-corrected chi connectivity index (χ2v) is 9.55. The molecule has 10 heteroatoms. The van der Waals surface area contributed by atoms with Crippen LogP contribution < -0.4 is 10.1 Å². The maximum atomic E-state index is 13.3. The van der Waals surface area contributed by atoms with E-state index in [1.807, 2.05) is 0 Å². The first kappa shape index (κ1) is 26.3. The first-order valence-corrected chi connectivity index (χ1v) is 11.6. The van der Waals surface area contributed by atoms with Crippen molar-refractivity contribution >= 4 is 17.5 Å². The summed E-state index contributed by atoms with van der Waals surface area (Å²) in [5.74, 6) is -0.373. The van der Waals surface area contributed by atoms with Gasteiger partial charge in [-0.2, -0.15) is 13.2 Å². The van der Waals surface area contributed by atoms with Crippen molar-refractivity contribution in [1.29, 1.82) is 0 Å². The zero-order valence-corrected chi connectivity index (χ0v) is 20.2. The topological polar surface area (TPSA) is 71.1 Å². The number of methoxy groups -OCH3 is 1. The summed E-state index contributed by atoms with van der Waals surface area (Å²) in [4.78, 5) is 29.0. The molecule has 1 fully saturated rings. The number of ether oxygens (including phenoxy) is 2. The van der Waals surface area contributed by atoms with Crippen molar-refractivity contribution in [1.82, 2.24) is 9.80 Å². The summed E-state index contributed by atoms with van der Waals surface area (Å²) in [5, 5.41) is 2.22. The predicted molar refractivity (Wildman–Crippen MR) is 122 cm³/mol. The molecule has 1 aromatic carbocycles. The van der Waals surface area contributed by atoms with Crippen molar-refractivity contribution in [3.05, 3.63) is 23.8 Å². The van der Waals surface area contributed by atoms with Crippen LogP contribution in [-0.4, -0.2) is 80.3 Å². The highest BCUT2D eigenvalue weighted by Gasteiger charge is 2.33. The zero-order chi connectivity index (χ0) is 25.0. The molecule has 7 nitrogen and oxygen atoms in total. The summed E-state index contributed by atoms with van der Waals surface area (Å²) in [6, 6.07) is 4.42. The molecular formula is C24H34F3N3O4. The number of benzene rings is 1. The number of carbonyl (C=O) groups excluding carboxylic acids is 2. The molecule has 1 heterocycles. The number of nitrogens with zero attached hydrogens (tertiary/aromatic N) is 2. The van der Waals surface area contributed by atoms with E-state index in [0.717, 1.165) is 13.1 Å². The van der Waals surface area contributed by atoms with Gasteiger partial charge in [-0.15, -0.1) is 0 Å². The Hall–Kier alpha value is -2.33. The molecule has 0 radical (unpaired) electrons. The minimum atomic E-state index is -4.62.